The van der Waals surface area contributed by atoms with Gasteiger partial charge in [-0.15, -0.1) is 0 Å². The van der Waals surface area contributed by atoms with Crippen molar-refractivity contribution in [3.63, 3.8) is 0 Å². The van der Waals surface area contributed by atoms with E-state index in [1.54, 1.807) is 53.4 Å². The Balaban J connectivity index is 2.24. The van der Waals surface area contributed by atoms with Crippen LogP contribution in [0.3, 0.4) is 0 Å². The van der Waals surface area contributed by atoms with Gasteiger partial charge in [-0.05, 0) is 44.2 Å². The summed E-state index contributed by atoms with van der Waals surface area (Å²) in [6.45, 7) is 5.05. The van der Waals surface area contributed by atoms with Gasteiger partial charge in [0.15, 0.2) is 0 Å². The predicted octanol–water partition coefficient (Wildman–Crippen LogP) is 3.29. The molecule has 2 aromatic rings. The lowest BCUT2D eigenvalue weighted by atomic mass is 10.1. The SMILES string of the molecule is CCN(CC)C(=O)c1cccc(C(=O)Nc2ccccc2C#N)c1. The summed E-state index contributed by atoms with van der Waals surface area (Å²) >= 11 is 0. The van der Waals surface area contributed by atoms with Crippen molar-refractivity contribution < 1.29 is 9.59 Å². The minimum absolute atomic E-state index is 0.105. The van der Waals surface area contributed by atoms with Gasteiger partial charge in [0.25, 0.3) is 11.8 Å². The van der Waals surface area contributed by atoms with Crippen LogP contribution < -0.4 is 5.32 Å². The highest BCUT2D eigenvalue weighted by Gasteiger charge is 2.15. The van der Waals surface area contributed by atoms with Gasteiger partial charge in [-0.3, -0.25) is 9.59 Å². The molecule has 0 saturated carbocycles. The highest BCUT2D eigenvalue weighted by Crippen LogP contribution is 2.16. The summed E-state index contributed by atoms with van der Waals surface area (Å²) in [4.78, 5) is 26.5. The molecule has 2 amide bonds. The number of carbonyl (C=O) groups excluding carboxylic acids is 2. The summed E-state index contributed by atoms with van der Waals surface area (Å²) in [6, 6.07) is 15.4. The van der Waals surface area contributed by atoms with E-state index in [4.69, 9.17) is 5.26 Å². The molecule has 5 nitrogen and oxygen atoms in total. The van der Waals surface area contributed by atoms with E-state index >= 15 is 0 Å². The Bertz CT molecular complexity index is 789. The van der Waals surface area contributed by atoms with Crippen molar-refractivity contribution in [3.05, 3.63) is 65.2 Å². The number of amides is 2. The Hall–Kier alpha value is -3.13. The van der Waals surface area contributed by atoms with E-state index in [2.05, 4.69) is 5.32 Å². The first-order chi connectivity index (χ1) is 11.6. The molecule has 2 aromatic carbocycles. The highest BCUT2D eigenvalue weighted by atomic mass is 16.2. The lowest BCUT2D eigenvalue weighted by molar-refractivity contribution is 0.0773. The van der Waals surface area contributed by atoms with Crippen LogP contribution in [0.4, 0.5) is 5.69 Å². The number of nitrogens with zero attached hydrogens (tertiary/aromatic N) is 2. The first kappa shape index (κ1) is 17.2. The Morgan fingerprint density at radius 1 is 1.04 bits per heavy atom. The molecule has 0 spiro atoms. The number of benzene rings is 2. The lowest BCUT2D eigenvalue weighted by Crippen LogP contribution is -2.30. The van der Waals surface area contributed by atoms with Crippen molar-refractivity contribution in [3.8, 4) is 6.07 Å². The van der Waals surface area contributed by atoms with Gasteiger partial charge in [-0.1, -0.05) is 18.2 Å². The van der Waals surface area contributed by atoms with E-state index in [0.717, 1.165) is 0 Å². The second-order valence-electron chi connectivity index (χ2n) is 5.17. The van der Waals surface area contributed by atoms with E-state index in [-0.39, 0.29) is 11.8 Å². The van der Waals surface area contributed by atoms with Crippen LogP contribution in [0.15, 0.2) is 48.5 Å². The Labute approximate surface area is 141 Å². The first-order valence-corrected chi connectivity index (χ1v) is 7.80. The Morgan fingerprint density at radius 2 is 1.71 bits per heavy atom. The van der Waals surface area contributed by atoms with Gasteiger partial charge in [0, 0.05) is 24.2 Å². The van der Waals surface area contributed by atoms with Gasteiger partial charge < -0.3 is 10.2 Å². The van der Waals surface area contributed by atoms with Crippen LogP contribution in [0.1, 0.15) is 40.1 Å². The molecule has 0 heterocycles. The summed E-state index contributed by atoms with van der Waals surface area (Å²) in [5.41, 5.74) is 1.69. The van der Waals surface area contributed by atoms with Crippen LogP contribution in [-0.2, 0) is 0 Å². The van der Waals surface area contributed by atoms with Crippen molar-refractivity contribution in [2.24, 2.45) is 0 Å². The molecule has 0 aromatic heterocycles. The van der Waals surface area contributed by atoms with Crippen molar-refractivity contribution in [2.45, 2.75) is 13.8 Å². The molecule has 0 atom stereocenters. The molecule has 5 heteroatoms. The summed E-state index contributed by atoms with van der Waals surface area (Å²) < 4.78 is 0. The second-order valence-corrected chi connectivity index (χ2v) is 5.17. The minimum atomic E-state index is -0.355. The van der Waals surface area contributed by atoms with Crippen molar-refractivity contribution in [1.29, 1.82) is 5.26 Å². The van der Waals surface area contributed by atoms with Crippen LogP contribution in [-0.4, -0.2) is 29.8 Å². The number of para-hydroxylation sites is 1. The fourth-order valence-electron chi connectivity index (χ4n) is 2.37. The summed E-state index contributed by atoms with van der Waals surface area (Å²) in [7, 11) is 0. The van der Waals surface area contributed by atoms with Gasteiger partial charge in [-0.2, -0.15) is 5.26 Å². The number of carbonyl (C=O) groups is 2. The molecule has 0 aliphatic rings. The molecule has 0 unspecified atom stereocenters. The highest BCUT2D eigenvalue weighted by molar-refractivity contribution is 6.06. The molecule has 1 N–H and O–H groups in total. The van der Waals surface area contributed by atoms with E-state index in [1.807, 2.05) is 19.9 Å². The van der Waals surface area contributed by atoms with Gasteiger partial charge >= 0.3 is 0 Å². The number of anilines is 1. The van der Waals surface area contributed by atoms with Gasteiger partial charge in [0.2, 0.25) is 0 Å². The maximum Gasteiger partial charge on any atom is 0.255 e. The van der Waals surface area contributed by atoms with Gasteiger partial charge in [0.05, 0.1) is 11.3 Å². The van der Waals surface area contributed by atoms with E-state index in [9.17, 15) is 9.59 Å². The quantitative estimate of drug-likeness (QED) is 0.918. The zero-order valence-electron chi connectivity index (χ0n) is 13.7. The average molecular weight is 321 g/mol. The fourth-order valence-corrected chi connectivity index (χ4v) is 2.37. The molecule has 2 rings (SSSR count). The first-order valence-electron chi connectivity index (χ1n) is 7.80. The molecule has 0 aliphatic carbocycles. The third-order valence-corrected chi connectivity index (χ3v) is 3.72. The van der Waals surface area contributed by atoms with Crippen molar-refractivity contribution in [2.75, 3.05) is 18.4 Å². The van der Waals surface area contributed by atoms with Gasteiger partial charge in [0.1, 0.15) is 6.07 Å². The molecule has 0 saturated heterocycles. The van der Waals surface area contributed by atoms with Crippen LogP contribution in [0.5, 0.6) is 0 Å². The number of hydrogen-bond acceptors (Lipinski definition) is 3. The normalized spacial score (nSPS) is 9.88. The summed E-state index contributed by atoms with van der Waals surface area (Å²) in [6.07, 6.45) is 0. The molecule has 0 fully saturated rings. The monoisotopic (exact) mass is 321 g/mol. The molecule has 24 heavy (non-hydrogen) atoms. The molecule has 0 aliphatic heterocycles. The van der Waals surface area contributed by atoms with Crippen molar-refractivity contribution in [1.82, 2.24) is 4.90 Å². The second kappa shape index (κ2) is 7.93. The van der Waals surface area contributed by atoms with Crippen molar-refractivity contribution >= 4 is 17.5 Å². The Morgan fingerprint density at radius 3 is 2.38 bits per heavy atom. The zero-order chi connectivity index (χ0) is 17.5. The average Bonchev–Trinajstić information content (AvgIpc) is 2.63. The van der Waals surface area contributed by atoms with E-state index in [0.29, 0.717) is 35.5 Å². The molecule has 0 bridgehead atoms. The fraction of sp³-hybridized carbons (Fsp3) is 0.211. The molecular formula is C19H19N3O2. The zero-order valence-corrected chi connectivity index (χ0v) is 13.7. The molecule has 122 valence electrons. The number of nitrogens with one attached hydrogen (secondary N) is 1. The summed E-state index contributed by atoms with van der Waals surface area (Å²) in [5.74, 6) is -0.459. The van der Waals surface area contributed by atoms with Gasteiger partial charge in [-0.25, -0.2) is 0 Å². The van der Waals surface area contributed by atoms with Crippen LogP contribution in [0.25, 0.3) is 0 Å². The third-order valence-electron chi connectivity index (χ3n) is 3.72. The number of hydrogen-bond donors (Lipinski definition) is 1. The van der Waals surface area contributed by atoms with Crippen LogP contribution >= 0.6 is 0 Å². The largest absolute Gasteiger partial charge is 0.339 e. The number of rotatable bonds is 5. The standard InChI is InChI=1S/C19H19N3O2/c1-3-22(4-2)19(24)15-10-7-9-14(12-15)18(23)21-17-11-6-5-8-16(17)13-20/h5-12H,3-4H2,1-2H3,(H,21,23). The smallest absolute Gasteiger partial charge is 0.255 e. The summed E-state index contributed by atoms with van der Waals surface area (Å²) in [5, 5.41) is 11.8. The minimum Gasteiger partial charge on any atom is -0.339 e. The van der Waals surface area contributed by atoms with E-state index in [1.165, 1.54) is 0 Å². The maximum atomic E-state index is 12.4. The maximum absolute atomic E-state index is 12.4. The van der Waals surface area contributed by atoms with E-state index < -0.39 is 0 Å². The third kappa shape index (κ3) is 3.79. The Kier molecular flexibility index (Phi) is 5.69. The number of nitriles is 1. The van der Waals surface area contributed by atoms with Crippen LogP contribution in [0.2, 0.25) is 0 Å². The molecule has 0 radical (unpaired) electrons. The molecular weight excluding hydrogens is 302 g/mol. The van der Waals surface area contributed by atoms with Crippen LogP contribution in [0, 0.1) is 11.3 Å². The lowest BCUT2D eigenvalue weighted by Gasteiger charge is -2.18. The predicted molar refractivity (Wildman–Crippen MR) is 92.8 cm³/mol. The topological polar surface area (TPSA) is 73.2 Å².